The minimum atomic E-state index is 0.0372. The summed E-state index contributed by atoms with van der Waals surface area (Å²) in [5.74, 6) is 1.16. The normalized spacial score (nSPS) is 21.4. The molecule has 0 aliphatic carbocycles. The van der Waals surface area contributed by atoms with Gasteiger partial charge in [-0.05, 0) is 36.8 Å². The van der Waals surface area contributed by atoms with Gasteiger partial charge in [0.1, 0.15) is 12.4 Å². The first-order valence-corrected chi connectivity index (χ1v) is 9.75. The maximum Gasteiger partial charge on any atom is 0.128 e. The van der Waals surface area contributed by atoms with Crippen LogP contribution < -0.4 is 4.74 Å². The zero-order valence-corrected chi connectivity index (χ0v) is 16.1. The number of hydrogen-bond donors (Lipinski definition) is 0. The van der Waals surface area contributed by atoms with Gasteiger partial charge >= 0.3 is 0 Å². The SMILES string of the molecule is CCn1cc([C@@H]2C3=NOC[C@@H]3COc3ccc(Br)cc32)c2ccccc21. The van der Waals surface area contributed by atoms with Crippen LogP contribution in [0.15, 0.2) is 58.3 Å². The van der Waals surface area contributed by atoms with Crippen molar-refractivity contribution in [2.45, 2.75) is 19.4 Å². The summed E-state index contributed by atoms with van der Waals surface area (Å²) in [6, 6.07) is 14.8. The van der Waals surface area contributed by atoms with Crippen LogP contribution in [0.5, 0.6) is 5.75 Å². The predicted molar refractivity (Wildman–Crippen MR) is 106 cm³/mol. The van der Waals surface area contributed by atoms with Gasteiger partial charge in [0.15, 0.2) is 0 Å². The van der Waals surface area contributed by atoms with Gasteiger partial charge in [-0.15, -0.1) is 0 Å². The quantitative estimate of drug-likeness (QED) is 0.598. The number of aryl methyl sites for hydroxylation is 1. The van der Waals surface area contributed by atoms with Crippen LogP contribution in [0.4, 0.5) is 0 Å². The van der Waals surface area contributed by atoms with E-state index in [1.807, 2.05) is 12.1 Å². The smallest absolute Gasteiger partial charge is 0.128 e. The molecule has 0 fully saturated rings. The molecule has 26 heavy (non-hydrogen) atoms. The summed E-state index contributed by atoms with van der Waals surface area (Å²) in [5, 5.41) is 5.72. The van der Waals surface area contributed by atoms with Crippen LogP contribution in [0, 0.1) is 5.92 Å². The van der Waals surface area contributed by atoms with Gasteiger partial charge in [0.2, 0.25) is 0 Å². The number of oxime groups is 1. The monoisotopic (exact) mass is 410 g/mol. The van der Waals surface area contributed by atoms with Gasteiger partial charge in [0.05, 0.1) is 24.2 Å². The van der Waals surface area contributed by atoms with E-state index in [1.54, 1.807) is 0 Å². The van der Waals surface area contributed by atoms with Crippen LogP contribution in [-0.4, -0.2) is 23.5 Å². The van der Waals surface area contributed by atoms with E-state index in [9.17, 15) is 0 Å². The molecule has 2 aliphatic heterocycles. The van der Waals surface area contributed by atoms with E-state index in [-0.39, 0.29) is 11.8 Å². The summed E-state index contributed by atoms with van der Waals surface area (Å²) >= 11 is 3.63. The first kappa shape index (κ1) is 15.9. The van der Waals surface area contributed by atoms with Crippen molar-refractivity contribution >= 4 is 32.5 Å². The fourth-order valence-electron chi connectivity index (χ4n) is 4.10. The Balaban J connectivity index is 1.80. The largest absolute Gasteiger partial charge is 0.492 e. The number of halogens is 1. The fraction of sp³-hybridized carbons (Fsp3) is 0.286. The number of benzene rings is 2. The highest BCUT2D eigenvalue weighted by atomic mass is 79.9. The molecular formula is C21H19BrN2O2. The van der Waals surface area contributed by atoms with E-state index >= 15 is 0 Å². The highest BCUT2D eigenvalue weighted by molar-refractivity contribution is 9.10. The van der Waals surface area contributed by atoms with Crippen molar-refractivity contribution in [1.29, 1.82) is 0 Å². The second-order valence-corrected chi connectivity index (χ2v) is 7.74. The van der Waals surface area contributed by atoms with E-state index in [0.717, 1.165) is 28.0 Å². The number of nitrogens with zero attached hydrogens (tertiary/aromatic N) is 2. The third kappa shape index (κ3) is 2.37. The highest BCUT2D eigenvalue weighted by Gasteiger charge is 2.38. The van der Waals surface area contributed by atoms with Crippen LogP contribution in [-0.2, 0) is 11.4 Å². The number of aromatic nitrogens is 1. The number of hydrogen-bond acceptors (Lipinski definition) is 3. The number of fused-ring (bicyclic) bond motifs is 3. The number of ether oxygens (including phenoxy) is 1. The molecule has 3 heterocycles. The molecular weight excluding hydrogens is 392 g/mol. The molecule has 0 amide bonds. The van der Waals surface area contributed by atoms with Crippen molar-refractivity contribution in [2.24, 2.45) is 11.1 Å². The van der Waals surface area contributed by atoms with E-state index in [2.05, 4.69) is 69.1 Å². The van der Waals surface area contributed by atoms with Crippen LogP contribution in [0.2, 0.25) is 0 Å². The Kier molecular flexibility index (Phi) is 3.78. The molecule has 0 spiro atoms. The van der Waals surface area contributed by atoms with Gasteiger partial charge < -0.3 is 14.1 Å². The van der Waals surface area contributed by atoms with Gasteiger partial charge in [0.25, 0.3) is 0 Å². The highest BCUT2D eigenvalue weighted by Crippen LogP contribution is 2.43. The average Bonchev–Trinajstić information content (AvgIpc) is 3.23. The third-order valence-electron chi connectivity index (χ3n) is 5.35. The Labute approximate surface area is 160 Å². The first-order valence-electron chi connectivity index (χ1n) is 8.96. The lowest BCUT2D eigenvalue weighted by Gasteiger charge is -2.18. The minimum absolute atomic E-state index is 0.0372. The molecule has 3 aromatic rings. The molecule has 2 aliphatic rings. The van der Waals surface area contributed by atoms with Crippen molar-refractivity contribution in [3.63, 3.8) is 0 Å². The van der Waals surface area contributed by atoms with Crippen LogP contribution in [0.3, 0.4) is 0 Å². The van der Waals surface area contributed by atoms with Crippen LogP contribution >= 0.6 is 15.9 Å². The maximum atomic E-state index is 6.13. The average molecular weight is 411 g/mol. The maximum absolute atomic E-state index is 6.13. The molecule has 2 aromatic carbocycles. The van der Waals surface area contributed by atoms with Crippen molar-refractivity contribution in [1.82, 2.24) is 4.57 Å². The summed E-state index contributed by atoms with van der Waals surface area (Å²) in [7, 11) is 0. The summed E-state index contributed by atoms with van der Waals surface area (Å²) in [6.45, 7) is 4.31. The van der Waals surface area contributed by atoms with Gasteiger partial charge in [-0.3, -0.25) is 0 Å². The summed E-state index contributed by atoms with van der Waals surface area (Å²) < 4.78 is 9.47. The van der Waals surface area contributed by atoms with Gasteiger partial charge in [-0.25, -0.2) is 0 Å². The minimum Gasteiger partial charge on any atom is -0.492 e. The fourth-order valence-corrected chi connectivity index (χ4v) is 4.48. The second-order valence-electron chi connectivity index (χ2n) is 6.82. The molecule has 5 rings (SSSR count). The standard InChI is InChI=1S/C21H19BrN2O2/c1-2-24-10-17(15-5-3-4-6-18(15)24)20-16-9-14(22)7-8-19(16)25-11-13-12-26-23-21(13)20/h3-10,13,20H,2,11-12H2,1H3/t13-,20+/m0/s1. The number of para-hydroxylation sites is 1. The molecule has 5 heteroatoms. The molecule has 132 valence electrons. The van der Waals surface area contributed by atoms with Gasteiger partial charge in [-0.1, -0.05) is 39.3 Å². The predicted octanol–water partition coefficient (Wildman–Crippen LogP) is 4.95. The lowest BCUT2D eigenvalue weighted by molar-refractivity contribution is 0.137. The summed E-state index contributed by atoms with van der Waals surface area (Å²) in [6.07, 6.45) is 2.27. The van der Waals surface area contributed by atoms with Crippen molar-refractivity contribution in [3.05, 3.63) is 64.3 Å². The van der Waals surface area contributed by atoms with E-state index in [4.69, 9.17) is 9.57 Å². The molecule has 0 saturated heterocycles. The Morgan fingerprint density at radius 3 is 2.92 bits per heavy atom. The number of rotatable bonds is 2. The molecule has 0 radical (unpaired) electrons. The molecule has 4 nitrogen and oxygen atoms in total. The Morgan fingerprint density at radius 2 is 2.04 bits per heavy atom. The summed E-state index contributed by atoms with van der Waals surface area (Å²) in [4.78, 5) is 5.48. The zero-order chi connectivity index (χ0) is 17.7. The molecule has 0 bridgehead atoms. The molecule has 1 aromatic heterocycles. The third-order valence-corrected chi connectivity index (χ3v) is 5.85. The molecule has 0 unspecified atom stereocenters. The van der Waals surface area contributed by atoms with E-state index in [1.165, 1.54) is 16.5 Å². The first-order chi connectivity index (χ1) is 12.8. The van der Waals surface area contributed by atoms with Crippen LogP contribution in [0.25, 0.3) is 10.9 Å². The van der Waals surface area contributed by atoms with Gasteiger partial charge in [0, 0.05) is 33.7 Å². The Hall–Kier alpha value is -2.27. The Bertz CT molecular complexity index is 1020. The topological polar surface area (TPSA) is 35.8 Å². The van der Waals surface area contributed by atoms with Gasteiger partial charge in [-0.2, -0.15) is 0 Å². The van der Waals surface area contributed by atoms with E-state index < -0.39 is 0 Å². The van der Waals surface area contributed by atoms with Crippen molar-refractivity contribution in [2.75, 3.05) is 13.2 Å². The van der Waals surface area contributed by atoms with E-state index in [0.29, 0.717) is 13.2 Å². The van der Waals surface area contributed by atoms with Crippen molar-refractivity contribution < 1.29 is 9.57 Å². The van der Waals surface area contributed by atoms with Crippen molar-refractivity contribution in [3.8, 4) is 5.75 Å². The lowest BCUT2D eigenvalue weighted by Crippen LogP contribution is -2.23. The summed E-state index contributed by atoms with van der Waals surface area (Å²) in [5.41, 5.74) is 4.73. The second kappa shape index (κ2) is 6.16. The molecule has 2 atom stereocenters. The van der Waals surface area contributed by atoms with Crippen LogP contribution in [0.1, 0.15) is 24.0 Å². The lowest BCUT2D eigenvalue weighted by atomic mass is 9.82. The molecule has 0 saturated carbocycles. The zero-order valence-electron chi connectivity index (χ0n) is 14.5. The molecule has 0 N–H and O–H groups in total. The Morgan fingerprint density at radius 1 is 1.15 bits per heavy atom.